The molecule has 0 spiro atoms. The van der Waals surface area contributed by atoms with E-state index in [-0.39, 0.29) is 0 Å². The lowest BCUT2D eigenvalue weighted by atomic mass is 9.90. The molecule has 1 aliphatic rings. The zero-order chi connectivity index (χ0) is 14.6. The first-order chi connectivity index (χ1) is 9.46. The second-order valence-corrected chi connectivity index (χ2v) is 7.70. The molecule has 0 aliphatic carbocycles. The van der Waals surface area contributed by atoms with Crippen LogP contribution in [0.25, 0.3) is 0 Å². The van der Waals surface area contributed by atoms with Crippen molar-refractivity contribution in [3.8, 4) is 0 Å². The van der Waals surface area contributed by atoms with Gasteiger partial charge in [0.2, 0.25) is 0 Å². The molecule has 0 saturated carbocycles. The molecule has 1 aliphatic heterocycles. The molecule has 0 amide bonds. The number of rotatable bonds is 4. The van der Waals surface area contributed by atoms with Gasteiger partial charge in [0.05, 0.1) is 13.2 Å². The Morgan fingerprint density at radius 1 is 1.40 bits per heavy atom. The fourth-order valence-electron chi connectivity index (χ4n) is 2.30. The highest BCUT2D eigenvalue weighted by molar-refractivity contribution is 8.15. The lowest BCUT2D eigenvalue weighted by Crippen LogP contribution is -2.16. The summed E-state index contributed by atoms with van der Waals surface area (Å²) >= 11 is 1.86. The van der Waals surface area contributed by atoms with Gasteiger partial charge in [0, 0.05) is 18.0 Å². The molecule has 1 aromatic rings. The van der Waals surface area contributed by atoms with Gasteiger partial charge >= 0.3 is 0 Å². The van der Waals surface area contributed by atoms with Crippen molar-refractivity contribution < 1.29 is 4.74 Å². The fraction of sp³-hybridized carbons (Fsp3) is 0.562. The fourth-order valence-corrected chi connectivity index (χ4v) is 3.68. The Morgan fingerprint density at radius 2 is 2.20 bits per heavy atom. The molecule has 3 nitrogen and oxygen atoms in total. The molecule has 1 heterocycles. The van der Waals surface area contributed by atoms with Crippen molar-refractivity contribution in [2.75, 3.05) is 19.0 Å². The van der Waals surface area contributed by atoms with Crippen molar-refractivity contribution in [1.29, 1.82) is 0 Å². The Balaban J connectivity index is 1.90. The smallest absolute Gasteiger partial charge is 0.161 e. The van der Waals surface area contributed by atoms with Gasteiger partial charge in [-0.05, 0) is 29.5 Å². The summed E-state index contributed by atoms with van der Waals surface area (Å²) in [6.45, 7) is 8.41. The van der Waals surface area contributed by atoms with E-state index in [9.17, 15) is 0 Å². The van der Waals surface area contributed by atoms with E-state index in [1.165, 1.54) is 12.0 Å². The number of nitrogens with zero attached hydrogens (tertiary/aromatic N) is 1. The topological polar surface area (TPSA) is 33.6 Å². The van der Waals surface area contributed by atoms with Crippen LogP contribution in [0.1, 0.15) is 32.8 Å². The van der Waals surface area contributed by atoms with Gasteiger partial charge in [-0.25, -0.2) is 0 Å². The standard InChI is InChI=1S/C16H24N2OS/c1-16(2,3)9-14-10-17-15(20-14)18-13-7-5-6-12(8-13)11-19-4/h5-8,14H,9-11H2,1-4H3,(H,17,18). The molecule has 1 atom stereocenters. The summed E-state index contributed by atoms with van der Waals surface area (Å²) < 4.78 is 5.16. The van der Waals surface area contributed by atoms with Crippen molar-refractivity contribution in [2.45, 2.75) is 39.0 Å². The van der Waals surface area contributed by atoms with Crippen LogP contribution in [0.5, 0.6) is 0 Å². The van der Waals surface area contributed by atoms with Crippen molar-refractivity contribution in [2.24, 2.45) is 10.4 Å². The van der Waals surface area contributed by atoms with Gasteiger partial charge in [-0.2, -0.15) is 0 Å². The van der Waals surface area contributed by atoms with Crippen LogP contribution in [0, 0.1) is 5.41 Å². The molecule has 0 radical (unpaired) electrons. The van der Waals surface area contributed by atoms with Gasteiger partial charge in [0.1, 0.15) is 0 Å². The molecular formula is C16H24N2OS. The average Bonchev–Trinajstić information content (AvgIpc) is 2.75. The second kappa shape index (κ2) is 6.64. The zero-order valence-corrected chi connectivity index (χ0v) is 13.6. The largest absolute Gasteiger partial charge is 0.380 e. The highest BCUT2D eigenvalue weighted by atomic mass is 32.2. The predicted octanol–water partition coefficient (Wildman–Crippen LogP) is 4.15. The molecule has 0 saturated heterocycles. The number of hydrogen-bond donors (Lipinski definition) is 1. The Hall–Kier alpha value is -1.00. The van der Waals surface area contributed by atoms with Gasteiger partial charge in [-0.1, -0.05) is 44.7 Å². The molecule has 0 aromatic heterocycles. The van der Waals surface area contributed by atoms with Crippen molar-refractivity contribution in [3.63, 3.8) is 0 Å². The van der Waals surface area contributed by atoms with Crippen LogP contribution >= 0.6 is 11.8 Å². The van der Waals surface area contributed by atoms with Crippen LogP contribution < -0.4 is 5.32 Å². The zero-order valence-electron chi connectivity index (χ0n) is 12.8. The number of anilines is 1. The SMILES string of the molecule is COCc1cccc(NC2=NCC(CC(C)(C)C)S2)c1. The maximum absolute atomic E-state index is 5.16. The van der Waals surface area contributed by atoms with Gasteiger partial charge in [-0.3, -0.25) is 4.99 Å². The van der Waals surface area contributed by atoms with Gasteiger partial charge < -0.3 is 10.1 Å². The number of methoxy groups -OCH3 is 1. The number of hydrogen-bond acceptors (Lipinski definition) is 4. The quantitative estimate of drug-likeness (QED) is 0.905. The van der Waals surface area contributed by atoms with E-state index in [1.807, 2.05) is 17.8 Å². The summed E-state index contributed by atoms with van der Waals surface area (Å²) in [5.74, 6) is 0. The van der Waals surface area contributed by atoms with Crippen LogP contribution in [-0.2, 0) is 11.3 Å². The molecule has 1 unspecified atom stereocenters. The predicted molar refractivity (Wildman–Crippen MR) is 88.5 cm³/mol. The summed E-state index contributed by atoms with van der Waals surface area (Å²) in [5.41, 5.74) is 2.62. The summed E-state index contributed by atoms with van der Waals surface area (Å²) in [6, 6.07) is 8.30. The van der Waals surface area contributed by atoms with Crippen LogP contribution in [0.15, 0.2) is 29.3 Å². The van der Waals surface area contributed by atoms with E-state index in [1.54, 1.807) is 7.11 Å². The van der Waals surface area contributed by atoms with E-state index < -0.39 is 0 Å². The summed E-state index contributed by atoms with van der Waals surface area (Å²) in [6.07, 6.45) is 1.19. The van der Waals surface area contributed by atoms with E-state index in [2.05, 4.69) is 49.3 Å². The van der Waals surface area contributed by atoms with Crippen LogP contribution in [0.3, 0.4) is 0 Å². The van der Waals surface area contributed by atoms with Crippen molar-refractivity contribution >= 4 is 22.6 Å². The highest BCUT2D eigenvalue weighted by Crippen LogP contribution is 2.32. The van der Waals surface area contributed by atoms with E-state index in [4.69, 9.17) is 4.74 Å². The minimum Gasteiger partial charge on any atom is -0.380 e. The third-order valence-corrected chi connectivity index (χ3v) is 4.15. The van der Waals surface area contributed by atoms with Gasteiger partial charge in [-0.15, -0.1) is 0 Å². The molecule has 20 heavy (non-hydrogen) atoms. The third kappa shape index (κ3) is 4.84. The van der Waals surface area contributed by atoms with Crippen molar-refractivity contribution in [1.82, 2.24) is 0 Å². The normalized spacial score (nSPS) is 19.0. The molecule has 0 fully saturated rings. The van der Waals surface area contributed by atoms with E-state index in [0.717, 1.165) is 17.4 Å². The summed E-state index contributed by atoms with van der Waals surface area (Å²) in [7, 11) is 1.72. The van der Waals surface area contributed by atoms with Crippen LogP contribution in [-0.4, -0.2) is 24.1 Å². The average molecular weight is 292 g/mol. The monoisotopic (exact) mass is 292 g/mol. The van der Waals surface area contributed by atoms with Gasteiger partial charge in [0.15, 0.2) is 5.17 Å². The maximum atomic E-state index is 5.16. The summed E-state index contributed by atoms with van der Waals surface area (Å²) in [4.78, 5) is 4.61. The first kappa shape index (κ1) is 15.4. The summed E-state index contributed by atoms with van der Waals surface area (Å²) in [5, 5.41) is 5.05. The molecule has 2 rings (SSSR count). The number of thioether (sulfide) groups is 1. The van der Waals surface area contributed by atoms with Gasteiger partial charge in [0.25, 0.3) is 0 Å². The number of ether oxygens (including phenoxy) is 1. The lowest BCUT2D eigenvalue weighted by molar-refractivity contribution is 0.185. The third-order valence-electron chi connectivity index (χ3n) is 3.05. The molecule has 0 bridgehead atoms. The minimum atomic E-state index is 0.362. The Labute approximate surface area is 126 Å². The Bertz CT molecular complexity index is 480. The maximum Gasteiger partial charge on any atom is 0.161 e. The molecule has 1 N–H and O–H groups in total. The molecule has 110 valence electrons. The highest BCUT2D eigenvalue weighted by Gasteiger charge is 2.24. The molecular weight excluding hydrogens is 268 g/mol. The molecule has 1 aromatic carbocycles. The molecule has 4 heteroatoms. The number of benzene rings is 1. The first-order valence-corrected chi connectivity index (χ1v) is 7.90. The van der Waals surface area contributed by atoms with E-state index >= 15 is 0 Å². The minimum absolute atomic E-state index is 0.362. The van der Waals surface area contributed by atoms with Crippen LogP contribution in [0.4, 0.5) is 5.69 Å². The number of nitrogens with one attached hydrogen (secondary N) is 1. The van der Waals surface area contributed by atoms with E-state index in [0.29, 0.717) is 17.3 Å². The Morgan fingerprint density at radius 3 is 2.90 bits per heavy atom. The first-order valence-electron chi connectivity index (χ1n) is 7.02. The Kier molecular flexibility index (Phi) is 5.11. The number of amidine groups is 1. The second-order valence-electron chi connectivity index (χ2n) is 6.41. The van der Waals surface area contributed by atoms with Crippen LogP contribution in [0.2, 0.25) is 0 Å². The van der Waals surface area contributed by atoms with Crippen molar-refractivity contribution in [3.05, 3.63) is 29.8 Å². The number of aliphatic imine (C=N–C) groups is 1. The lowest BCUT2D eigenvalue weighted by Gasteiger charge is -2.21.